The van der Waals surface area contributed by atoms with Crippen LogP contribution in [0.15, 0.2) is 0 Å². The van der Waals surface area contributed by atoms with Crippen molar-refractivity contribution in [2.24, 2.45) is 47.2 Å². The maximum Gasteiger partial charge on any atom is 0.305 e. The minimum absolute atomic E-state index is 0.00237. The Bertz CT molecular complexity index is 2300. The van der Waals surface area contributed by atoms with Gasteiger partial charge in [0.25, 0.3) is 0 Å². The van der Waals surface area contributed by atoms with Gasteiger partial charge in [-0.15, -0.1) is 0 Å². The summed E-state index contributed by atoms with van der Waals surface area (Å²) in [6.07, 6.45) is 97.2. The Labute approximate surface area is 827 Å². The maximum absolute atomic E-state index is 12.8. The number of carbonyl (C=O) groups is 7. The number of unbranched alkanes of at least 4 members (excludes halogenated alkanes) is 47. The lowest BCUT2D eigenvalue weighted by Crippen LogP contribution is -2.14. The SMILES string of the molecule is CCCCC(CC)COC(=O)CCCCCN.CCCCCCCCC(CCCCCC)COC(=O)CCCCCC(=O)CCCCCC(=O)OCC(CCCCCC)CCCCCCCC.CCCCCCCCC(CCCCCC)COC(=O)CCCCCC(CCCCCCC(=O)OCC(CC)CCCC)CCCCCC(=O)OCC(CCCCCC)CCCCCCCC. The van der Waals surface area contributed by atoms with Crippen LogP contribution in [0.5, 0.6) is 0 Å². The van der Waals surface area contributed by atoms with Gasteiger partial charge < -0.3 is 34.2 Å². The molecular weight excluding hydrogens is 1650 g/mol. The first-order chi connectivity index (χ1) is 65.0. The molecular formula is C119H231NO13. The summed E-state index contributed by atoms with van der Waals surface area (Å²) >= 11 is 0. The van der Waals surface area contributed by atoms with Gasteiger partial charge in [-0.3, -0.25) is 33.6 Å². The van der Waals surface area contributed by atoms with Crippen LogP contribution in [-0.4, -0.2) is 87.8 Å². The van der Waals surface area contributed by atoms with E-state index in [1.807, 2.05) is 0 Å². The first-order valence-corrected chi connectivity index (χ1v) is 59.2. The molecule has 0 aliphatic rings. The standard InChI is InChI=1S/C60H116O6.C45H86O5.C14H29NO2/c1-7-13-18-22-24-33-46-56(44-30-20-15-9-3)52-65-59(62)49-38-28-35-42-55(41-32-26-27-37-48-58(61)64-51-54(12-6)40-17-11-5)43-36-29-39-50-60(63)66-53-57(45-31-21-16-10-4)47-34-25-23-19-14-8-2;1-5-9-13-17-19-25-33-41(31-23-15-11-7-3)39-49-44(47)37-29-21-27-35-43(46)36-28-22-30-38-45(48)50-40-42(32-24-16-12-8-4)34-26-20-18-14-10-6-2;1-3-5-9-13(4-2)12-17-14(16)10-7-6-8-11-15/h54-57H,7-53H2,1-6H3;41-42H,5-40H2,1-4H3;13H,3-12,15H2,1-2H3. The largest absolute Gasteiger partial charge is 0.465 e. The highest BCUT2D eigenvalue weighted by molar-refractivity contribution is 5.78. The summed E-state index contributed by atoms with van der Waals surface area (Å²) in [7, 11) is 0. The third-order valence-electron chi connectivity index (χ3n) is 28.2. The zero-order chi connectivity index (χ0) is 98.1. The van der Waals surface area contributed by atoms with Gasteiger partial charge >= 0.3 is 35.8 Å². The Balaban J connectivity index is -0.00000221. The van der Waals surface area contributed by atoms with Crippen molar-refractivity contribution in [2.75, 3.05) is 46.2 Å². The van der Waals surface area contributed by atoms with Crippen molar-refractivity contribution in [3.8, 4) is 0 Å². The molecule has 14 nitrogen and oxygen atoms in total. The Kier molecular flexibility index (Phi) is 111. The van der Waals surface area contributed by atoms with Crippen molar-refractivity contribution < 1.29 is 62.0 Å². The molecule has 0 saturated heterocycles. The monoisotopic (exact) mass is 1880 g/mol. The molecule has 0 aromatic carbocycles. The van der Waals surface area contributed by atoms with Crippen molar-refractivity contribution in [3.63, 3.8) is 0 Å². The van der Waals surface area contributed by atoms with Crippen molar-refractivity contribution in [2.45, 2.75) is 635 Å². The van der Waals surface area contributed by atoms with E-state index in [2.05, 4.69) is 83.1 Å². The predicted molar refractivity (Wildman–Crippen MR) is 569 cm³/mol. The Morgan fingerprint density at radius 3 is 0.504 bits per heavy atom. The second-order valence-corrected chi connectivity index (χ2v) is 41.3. The van der Waals surface area contributed by atoms with Crippen molar-refractivity contribution >= 4 is 41.6 Å². The maximum atomic E-state index is 12.8. The number of hydrogen-bond donors (Lipinski definition) is 1. The van der Waals surface area contributed by atoms with E-state index < -0.39 is 0 Å². The molecule has 0 saturated carbocycles. The molecule has 0 aliphatic heterocycles. The molecule has 0 aromatic rings. The van der Waals surface area contributed by atoms with Crippen molar-refractivity contribution in [3.05, 3.63) is 0 Å². The van der Waals surface area contributed by atoms with E-state index in [0.29, 0.717) is 145 Å². The van der Waals surface area contributed by atoms with Crippen LogP contribution in [0.2, 0.25) is 0 Å². The normalized spacial score (nSPS) is 12.9. The van der Waals surface area contributed by atoms with E-state index >= 15 is 0 Å². The van der Waals surface area contributed by atoms with Crippen LogP contribution in [0.4, 0.5) is 0 Å². The average Bonchev–Trinajstić information content (AvgIpc) is 0.587. The summed E-state index contributed by atoms with van der Waals surface area (Å²) in [6, 6.07) is 0. The highest BCUT2D eigenvalue weighted by Gasteiger charge is 2.20. The molecule has 0 heterocycles. The molecule has 790 valence electrons. The molecule has 0 fully saturated rings. The third kappa shape index (κ3) is 103. The first-order valence-electron chi connectivity index (χ1n) is 59.2. The zero-order valence-corrected chi connectivity index (χ0v) is 91.2. The Morgan fingerprint density at radius 1 is 0.158 bits per heavy atom. The molecule has 0 amide bonds. The van der Waals surface area contributed by atoms with Crippen LogP contribution in [-0.2, 0) is 62.0 Å². The summed E-state index contributed by atoms with van der Waals surface area (Å²) in [5, 5.41) is 0. The van der Waals surface area contributed by atoms with E-state index in [9.17, 15) is 33.6 Å². The van der Waals surface area contributed by atoms with Gasteiger partial charge in [0.2, 0.25) is 0 Å². The average molecular weight is 1880 g/mol. The molecule has 6 atom stereocenters. The third-order valence-corrected chi connectivity index (χ3v) is 28.2. The molecule has 0 rings (SSSR count). The van der Waals surface area contributed by atoms with Crippen LogP contribution in [0, 0.1) is 41.4 Å². The summed E-state index contributed by atoms with van der Waals surface area (Å²) in [4.78, 5) is 86.8. The molecule has 0 aliphatic carbocycles. The summed E-state index contributed by atoms with van der Waals surface area (Å²) < 4.78 is 34.2. The fourth-order valence-corrected chi connectivity index (χ4v) is 18.5. The minimum atomic E-state index is -0.0725. The lowest BCUT2D eigenvalue weighted by Gasteiger charge is -2.18. The van der Waals surface area contributed by atoms with Crippen LogP contribution in [0.1, 0.15) is 635 Å². The molecule has 0 bridgehead atoms. The van der Waals surface area contributed by atoms with Gasteiger partial charge in [0.05, 0.1) is 39.6 Å². The van der Waals surface area contributed by atoms with E-state index in [1.54, 1.807) is 0 Å². The molecule has 0 spiro atoms. The number of rotatable bonds is 104. The molecule has 2 N–H and O–H groups in total. The number of carbonyl (C=O) groups excluding carboxylic acids is 7. The van der Waals surface area contributed by atoms with Crippen LogP contribution in [0.25, 0.3) is 0 Å². The van der Waals surface area contributed by atoms with Gasteiger partial charge in [-0.25, -0.2) is 0 Å². The molecule has 0 aromatic heterocycles. The zero-order valence-electron chi connectivity index (χ0n) is 91.2. The minimum Gasteiger partial charge on any atom is -0.465 e. The van der Waals surface area contributed by atoms with Crippen LogP contribution < -0.4 is 5.73 Å². The van der Waals surface area contributed by atoms with Gasteiger partial charge in [0, 0.05) is 51.4 Å². The Hall–Kier alpha value is -3.55. The number of Topliss-reactive ketones (excluding diaryl/α,β-unsaturated/α-hetero) is 1. The Morgan fingerprint density at radius 2 is 0.301 bits per heavy atom. The van der Waals surface area contributed by atoms with Gasteiger partial charge in [-0.2, -0.15) is 0 Å². The summed E-state index contributed by atoms with van der Waals surface area (Å²) in [5.74, 6) is 3.84. The highest BCUT2D eigenvalue weighted by atomic mass is 16.6. The summed E-state index contributed by atoms with van der Waals surface area (Å²) in [6.45, 7) is 31.1. The topological polar surface area (TPSA) is 201 Å². The smallest absolute Gasteiger partial charge is 0.305 e. The van der Waals surface area contributed by atoms with Gasteiger partial charge in [0.1, 0.15) is 5.78 Å². The van der Waals surface area contributed by atoms with Crippen LogP contribution >= 0.6 is 0 Å². The lowest BCUT2D eigenvalue weighted by molar-refractivity contribution is -0.146. The molecule has 6 unspecified atom stereocenters. The number of ketones is 1. The van der Waals surface area contributed by atoms with E-state index in [1.165, 1.54) is 366 Å². The van der Waals surface area contributed by atoms with Crippen molar-refractivity contribution in [1.29, 1.82) is 0 Å². The number of nitrogens with two attached hydrogens (primary N) is 1. The second-order valence-electron chi connectivity index (χ2n) is 41.3. The van der Waals surface area contributed by atoms with Crippen LogP contribution in [0.3, 0.4) is 0 Å². The highest BCUT2D eigenvalue weighted by Crippen LogP contribution is 2.29. The predicted octanol–water partition coefficient (Wildman–Crippen LogP) is 36.8. The lowest BCUT2D eigenvalue weighted by atomic mass is 9.89. The second kappa shape index (κ2) is 110. The van der Waals surface area contributed by atoms with E-state index in [-0.39, 0.29) is 35.8 Å². The number of esters is 6. The molecule has 133 heavy (non-hydrogen) atoms. The van der Waals surface area contributed by atoms with E-state index in [0.717, 1.165) is 135 Å². The fraction of sp³-hybridized carbons (Fsp3) is 0.941. The van der Waals surface area contributed by atoms with Gasteiger partial charge in [-0.05, 0) is 170 Å². The first kappa shape index (κ1) is 134. The van der Waals surface area contributed by atoms with Gasteiger partial charge in [-0.1, -0.05) is 462 Å². The summed E-state index contributed by atoms with van der Waals surface area (Å²) in [5.41, 5.74) is 5.39. The fourth-order valence-electron chi connectivity index (χ4n) is 18.5. The van der Waals surface area contributed by atoms with Gasteiger partial charge in [0.15, 0.2) is 0 Å². The molecule has 14 heteroatoms. The number of hydrogen-bond acceptors (Lipinski definition) is 14. The molecule has 0 radical (unpaired) electrons. The quantitative estimate of drug-likeness (QED) is 0.0342. The van der Waals surface area contributed by atoms with E-state index in [4.69, 9.17) is 34.2 Å². The number of ether oxygens (including phenoxy) is 6. The van der Waals surface area contributed by atoms with Crippen molar-refractivity contribution in [1.82, 2.24) is 0 Å².